The maximum atomic E-state index is 13.2. The molecule has 1 saturated heterocycles. The number of ether oxygens (including phenoxy) is 2. The minimum atomic E-state index is -2.74. The van der Waals surface area contributed by atoms with Crippen LogP contribution in [0.2, 0.25) is 0 Å². The molecule has 1 fully saturated rings. The van der Waals surface area contributed by atoms with Gasteiger partial charge in [0.15, 0.2) is 5.60 Å². The van der Waals surface area contributed by atoms with Crippen LogP contribution in [0.25, 0.3) is 0 Å². The molecular weight excluding hydrogens is 582 g/mol. The summed E-state index contributed by atoms with van der Waals surface area (Å²) in [5, 5.41) is 35.9. The summed E-state index contributed by atoms with van der Waals surface area (Å²) >= 11 is 1.58. The number of fused-ring (bicyclic) bond motifs is 2. The van der Waals surface area contributed by atoms with Gasteiger partial charge in [0.2, 0.25) is 5.91 Å². The Kier molecular flexibility index (Phi) is 12.2. The first-order valence-corrected chi connectivity index (χ1v) is 14.8. The largest absolute Gasteiger partial charge is 0.481 e. The Hall–Kier alpha value is -3.43. The highest BCUT2D eigenvalue weighted by Crippen LogP contribution is 2.44. The number of hydrogen-bond donors (Lipinski definition) is 4. The van der Waals surface area contributed by atoms with Crippen molar-refractivity contribution in [1.29, 1.82) is 0 Å². The van der Waals surface area contributed by atoms with Crippen LogP contribution in [0, 0.1) is 5.92 Å². The van der Waals surface area contributed by atoms with E-state index in [1.807, 2.05) is 17.9 Å². The molecule has 14 heteroatoms. The van der Waals surface area contributed by atoms with Crippen molar-refractivity contribution < 1.29 is 49.1 Å². The summed E-state index contributed by atoms with van der Waals surface area (Å²) in [5.41, 5.74) is 2.64. The normalized spacial score (nSPS) is 16.5. The van der Waals surface area contributed by atoms with Crippen LogP contribution in [0.15, 0.2) is 35.2 Å². The molecule has 1 aromatic heterocycles. The lowest BCUT2D eigenvalue weighted by molar-refractivity contribution is -0.170. The molecule has 4 N–H and O–H groups in total. The van der Waals surface area contributed by atoms with Gasteiger partial charge in [0.05, 0.1) is 48.8 Å². The monoisotopic (exact) mass is 621 g/mol. The topological polar surface area (TPSA) is 187 Å². The summed E-state index contributed by atoms with van der Waals surface area (Å²) in [6, 6.07) is 8.59. The molecule has 2 aliphatic rings. The summed E-state index contributed by atoms with van der Waals surface area (Å²) < 4.78 is 11.4. The lowest BCUT2D eigenvalue weighted by atomic mass is 9.83. The Bertz CT molecular complexity index is 1230. The average molecular weight is 622 g/mol. The van der Waals surface area contributed by atoms with Crippen LogP contribution in [0.1, 0.15) is 42.5 Å². The molecule has 236 valence electrons. The Morgan fingerprint density at radius 2 is 1.79 bits per heavy atom. The molecule has 0 saturated carbocycles. The Labute approximate surface area is 253 Å². The van der Waals surface area contributed by atoms with Gasteiger partial charge in [-0.15, -0.1) is 11.3 Å². The summed E-state index contributed by atoms with van der Waals surface area (Å²) in [5.74, 6) is -4.95. The molecule has 2 aromatic rings. The number of carbonyl (C=O) groups excluding carboxylic acids is 1. The second-order valence-electron chi connectivity index (χ2n) is 10.9. The van der Waals surface area contributed by atoms with Crippen LogP contribution in [-0.4, -0.2) is 112 Å². The van der Waals surface area contributed by atoms with E-state index in [9.17, 15) is 19.2 Å². The van der Waals surface area contributed by atoms with Crippen molar-refractivity contribution in [2.75, 3.05) is 46.9 Å². The predicted molar refractivity (Wildman–Crippen MR) is 154 cm³/mol. The van der Waals surface area contributed by atoms with Crippen molar-refractivity contribution in [3.05, 3.63) is 52.0 Å². The Morgan fingerprint density at radius 1 is 1.14 bits per heavy atom. The van der Waals surface area contributed by atoms with Gasteiger partial charge in [-0.05, 0) is 24.0 Å². The Balaban J connectivity index is 0.000000331. The molecule has 13 nitrogen and oxygen atoms in total. The van der Waals surface area contributed by atoms with Gasteiger partial charge in [0.25, 0.3) is 0 Å². The van der Waals surface area contributed by atoms with Crippen LogP contribution in [0.3, 0.4) is 0 Å². The van der Waals surface area contributed by atoms with E-state index in [2.05, 4.69) is 34.1 Å². The number of nitrogens with zero attached hydrogens (tertiary/aromatic N) is 3. The number of aromatic nitrogens is 1. The summed E-state index contributed by atoms with van der Waals surface area (Å²) in [6.45, 7) is 4.51. The highest BCUT2D eigenvalue weighted by molar-refractivity contribution is 7.07. The number of thiazole rings is 1. The number of aliphatic carboxylic acids is 3. The number of piperidine rings is 1. The van der Waals surface area contributed by atoms with E-state index in [-0.39, 0.29) is 17.4 Å². The molecule has 0 aliphatic carbocycles. The SMILES string of the molecule is COCCN(C)C(=O)C(Cc1cscn1)CN1CCC2(CC1)OCc1ccccc12.O=C(O)CC(O)(CC(=O)O)C(=O)O. The third kappa shape index (κ3) is 9.28. The van der Waals surface area contributed by atoms with Gasteiger partial charge in [0.1, 0.15) is 0 Å². The van der Waals surface area contributed by atoms with Crippen molar-refractivity contribution in [2.45, 2.75) is 49.9 Å². The fraction of sp³-hybridized carbons (Fsp3) is 0.552. The number of hydrogen-bond acceptors (Lipinski definition) is 10. The van der Waals surface area contributed by atoms with Crippen LogP contribution >= 0.6 is 11.3 Å². The predicted octanol–water partition coefficient (Wildman–Crippen LogP) is 1.68. The van der Waals surface area contributed by atoms with Gasteiger partial charge in [-0.25, -0.2) is 9.78 Å². The Morgan fingerprint density at radius 3 is 2.35 bits per heavy atom. The summed E-state index contributed by atoms with van der Waals surface area (Å²) in [7, 11) is 3.53. The fourth-order valence-corrected chi connectivity index (χ4v) is 5.96. The van der Waals surface area contributed by atoms with Gasteiger partial charge >= 0.3 is 17.9 Å². The van der Waals surface area contributed by atoms with Crippen molar-refractivity contribution in [2.24, 2.45) is 5.92 Å². The quantitative estimate of drug-likeness (QED) is 0.254. The van der Waals surface area contributed by atoms with Crippen LogP contribution in [-0.2, 0) is 47.3 Å². The molecule has 0 radical (unpaired) electrons. The first-order valence-electron chi connectivity index (χ1n) is 13.8. The second-order valence-corrected chi connectivity index (χ2v) is 11.6. The molecule has 0 bridgehead atoms. The first-order chi connectivity index (χ1) is 20.4. The minimum Gasteiger partial charge on any atom is -0.481 e. The van der Waals surface area contributed by atoms with E-state index in [0.29, 0.717) is 26.2 Å². The molecule has 1 aromatic carbocycles. The van der Waals surface area contributed by atoms with Gasteiger partial charge in [-0.3, -0.25) is 14.4 Å². The number of carboxylic acid groups (broad SMARTS) is 3. The molecule has 1 amide bonds. The number of rotatable bonds is 13. The zero-order valence-electron chi connectivity index (χ0n) is 24.3. The zero-order chi connectivity index (χ0) is 31.6. The number of amides is 1. The van der Waals surface area contributed by atoms with E-state index in [0.717, 1.165) is 38.2 Å². The number of likely N-dealkylation sites (N-methyl/N-ethyl adjacent to an activating group) is 1. The highest BCUT2D eigenvalue weighted by Gasteiger charge is 2.43. The summed E-state index contributed by atoms with van der Waals surface area (Å²) in [6.07, 6.45) is 0.339. The minimum absolute atomic E-state index is 0.0974. The molecule has 3 heterocycles. The van der Waals surface area contributed by atoms with Crippen molar-refractivity contribution in [3.63, 3.8) is 0 Å². The molecule has 1 unspecified atom stereocenters. The number of benzene rings is 1. The molecular formula is C29H39N3O10S. The van der Waals surface area contributed by atoms with Crippen molar-refractivity contribution in [3.8, 4) is 0 Å². The average Bonchev–Trinajstić information content (AvgIpc) is 3.60. The van der Waals surface area contributed by atoms with Gasteiger partial charge in [0, 0.05) is 52.1 Å². The molecule has 1 atom stereocenters. The third-order valence-corrected chi connectivity index (χ3v) is 8.37. The van der Waals surface area contributed by atoms with Crippen LogP contribution in [0.4, 0.5) is 0 Å². The van der Waals surface area contributed by atoms with Gasteiger partial charge < -0.3 is 39.7 Å². The van der Waals surface area contributed by atoms with E-state index in [1.165, 1.54) is 11.1 Å². The van der Waals surface area contributed by atoms with E-state index in [1.54, 1.807) is 23.3 Å². The lowest BCUT2D eigenvalue weighted by Gasteiger charge is -2.40. The smallest absolute Gasteiger partial charge is 0.336 e. The number of methoxy groups -OCH3 is 1. The number of aliphatic hydroxyl groups is 1. The lowest BCUT2D eigenvalue weighted by Crippen LogP contribution is -2.47. The summed E-state index contributed by atoms with van der Waals surface area (Å²) in [4.78, 5) is 52.3. The molecule has 2 aliphatic heterocycles. The third-order valence-electron chi connectivity index (χ3n) is 7.74. The van der Waals surface area contributed by atoms with Gasteiger partial charge in [-0.1, -0.05) is 24.3 Å². The number of likely N-dealkylation sites (tertiary alicyclic amines) is 1. The number of carboxylic acids is 3. The van der Waals surface area contributed by atoms with Gasteiger partial charge in [-0.2, -0.15) is 0 Å². The van der Waals surface area contributed by atoms with Crippen LogP contribution in [0.5, 0.6) is 0 Å². The molecule has 4 rings (SSSR count). The molecule has 43 heavy (non-hydrogen) atoms. The van der Waals surface area contributed by atoms with E-state index in [4.69, 9.17) is 29.9 Å². The first kappa shape index (κ1) is 34.1. The maximum absolute atomic E-state index is 13.2. The van der Waals surface area contributed by atoms with Crippen molar-refractivity contribution >= 4 is 35.2 Å². The zero-order valence-corrected chi connectivity index (χ0v) is 25.1. The van der Waals surface area contributed by atoms with E-state index < -0.39 is 36.4 Å². The fourth-order valence-electron chi connectivity index (χ4n) is 5.39. The maximum Gasteiger partial charge on any atom is 0.336 e. The van der Waals surface area contributed by atoms with E-state index >= 15 is 0 Å². The molecule has 1 spiro atoms. The second kappa shape index (κ2) is 15.3. The highest BCUT2D eigenvalue weighted by atomic mass is 32.1. The standard InChI is InChI=1S/C23H31N3O3S.C6H8O7/c1-25(11-12-28-2)22(27)19(13-20-16-30-17-24-20)14-26-9-7-23(8-10-26)21-6-4-3-5-18(21)15-29-23;7-3(8)1-6(13,5(11)12)2-4(9)10/h3-6,16-17,19H,7-15H2,1-2H3;13H,1-2H2,(H,7,8)(H,9,10)(H,11,12). The van der Waals surface area contributed by atoms with Crippen molar-refractivity contribution in [1.82, 2.24) is 14.8 Å². The number of carbonyl (C=O) groups is 4. The van der Waals surface area contributed by atoms with Crippen LogP contribution < -0.4 is 0 Å².